The predicted molar refractivity (Wildman–Crippen MR) is 53.2 cm³/mol. The van der Waals surface area contributed by atoms with E-state index in [1.807, 2.05) is 18.2 Å². The second-order valence-electron chi connectivity index (χ2n) is 3.32. The molecule has 2 rings (SSSR count). The zero-order valence-corrected chi connectivity index (χ0v) is 7.73. The van der Waals surface area contributed by atoms with Crippen LogP contribution in [0.4, 0.5) is 5.69 Å². The number of benzene rings is 1. The van der Waals surface area contributed by atoms with Gasteiger partial charge in [-0.3, -0.25) is 0 Å². The molecule has 3 heteroatoms. The number of rotatable bonds is 1. The lowest BCUT2D eigenvalue weighted by molar-refractivity contribution is 0.204. The number of para-hydroxylation sites is 2. The van der Waals surface area contributed by atoms with Crippen molar-refractivity contribution in [1.29, 1.82) is 0 Å². The number of likely N-dealkylation sites (N-methyl/N-ethyl adjacent to an activating group) is 1. The smallest absolute Gasteiger partial charge is 0.143 e. The van der Waals surface area contributed by atoms with E-state index in [9.17, 15) is 0 Å². The molecule has 0 aromatic heterocycles. The third-order valence-electron chi connectivity index (χ3n) is 2.31. The van der Waals surface area contributed by atoms with Gasteiger partial charge in [0.1, 0.15) is 11.9 Å². The maximum absolute atomic E-state index is 5.68. The average molecular weight is 178 g/mol. The quantitative estimate of drug-likeness (QED) is 0.692. The van der Waals surface area contributed by atoms with Gasteiger partial charge in [-0.05, 0) is 12.1 Å². The van der Waals surface area contributed by atoms with Gasteiger partial charge in [-0.25, -0.2) is 0 Å². The van der Waals surface area contributed by atoms with Crippen molar-refractivity contribution in [1.82, 2.24) is 0 Å². The van der Waals surface area contributed by atoms with Crippen molar-refractivity contribution >= 4 is 5.69 Å². The molecule has 1 aromatic carbocycles. The van der Waals surface area contributed by atoms with Crippen molar-refractivity contribution in [2.24, 2.45) is 5.73 Å². The molecule has 3 nitrogen and oxygen atoms in total. The van der Waals surface area contributed by atoms with Gasteiger partial charge in [0.2, 0.25) is 0 Å². The fourth-order valence-electron chi connectivity index (χ4n) is 1.62. The molecule has 1 atom stereocenters. The largest absolute Gasteiger partial charge is 0.485 e. The van der Waals surface area contributed by atoms with Crippen molar-refractivity contribution in [3.8, 4) is 5.75 Å². The molecule has 0 aliphatic carbocycles. The summed E-state index contributed by atoms with van der Waals surface area (Å²) in [7, 11) is 2.06. The highest BCUT2D eigenvalue weighted by molar-refractivity contribution is 5.59. The topological polar surface area (TPSA) is 38.5 Å². The number of hydrogen-bond acceptors (Lipinski definition) is 3. The standard InChI is InChI=1S/C10H14N2O/c1-12-7-8(6-11)13-10-5-3-2-4-9(10)12/h2-5,8H,6-7,11H2,1H3/t8-/m1/s1. The molecule has 1 heterocycles. The molecule has 70 valence electrons. The monoisotopic (exact) mass is 178 g/mol. The van der Waals surface area contributed by atoms with Gasteiger partial charge in [0.15, 0.2) is 0 Å². The molecule has 0 bridgehead atoms. The van der Waals surface area contributed by atoms with E-state index < -0.39 is 0 Å². The lowest BCUT2D eigenvalue weighted by atomic mass is 10.2. The van der Waals surface area contributed by atoms with E-state index >= 15 is 0 Å². The summed E-state index contributed by atoms with van der Waals surface area (Å²) < 4.78 is 5.68. The van der Waals surface area contributed by atoms with Crippen LogP contribution in [0.15, 0.2) is 24.3 Å². The fourth-order valence-corrected chi connectivity index (χ4v) is 1.62. The number of hydrogen-bond donors (Lipinski definition) is 1. The molecule has 0 spiro atoms. The number of ether oxygens (including phenoxy) is 1. The van der Waals surface area contributed by atoms with Crippen LogP contribution in [0.2, 0.25) is 0 Å². The van der Waals surface area contributed by atoms with Crippen LogP contribution >= 0.6 is 0 Å². The summed E-state index contributed by atoms with van der Waals surface area (Å²) in [5, 5.41) is 0. The summed E-state index contributed by atoms with van der Waals surface area (Å²) in [4.78, 5) is 2.18. The number of fused-ring (bicyclic) bond motifs is 1. The zero-order valence-electron chi connectivity index (χ0n) is 7.73. The van der Waals surface area contributed by atoms with E-state index in [4.69, 9.17) is 10.5 Å². The molecule has 2 N–H and O–H groups in total. The van der Waals surface area contributed by atoms with Crippen LogP contribution in [0.5, 0.6) is 5.75 Å². The Morgan fingerprint density at radius 2 is 2.31 bits per heavy atom. The van der Waals surface area contributed by atoms with E-state index in [2.05, 4.69) is 18.0 Å². The van der Waals surface area contributed by atoms with E-state index in [1.165, 1.54) is 0 Å². The summed E-state index contributed by atoms with van der Waals surface area (Å²) in [5.74, 6) is 0.937. The fraction of sp³-hybridized carbons (Fsp3) is 0.400. The highest BCUT2D eigenvalue weighted by Gasteiger charge is 2.21. The first kappa shape index (κ1) is 8.38. The third kappa shape index (κ3) is 1.47. The lowest BCUT2D eigenvalue weighted by Gasteiger charge is -2.33. The normalized spacial score (nSPS) is 20.8. The Kier molecular flexibility index (Phi) is 2.10. The van der Waals surface area contributed by atoms with Crippen molar-refractivity contribution < 1.29 is 4.74 Å². The van der Waals surface area contributed by atoms with Crippen LogP contribution in [0.1, 0.15) is 0 Å². The average Bonchev–Trinajstić information content (AvgIpc) is 2.18. The summed E-state index contributed by atoms with van der Waals surface area (Å²) in [5.41, 5.74) is 6.72. The molecule has 0 amide bonds. The third-order valence-corrected chi connectivity index (χ3v) is 2.31. The Balaban J connectivity index is 2.31. The number of nitrogens with two attached hydrogens (primary N) is 1. The van der Waals surface area contributed by atoms with Crippen LogP contribution in [0.25, 0.3) is 0 Å². The molecule has 1 aliphatic heterocycles. The van der Waals surface area contributed by atoms with Gasteiger partial charge in [-0.1, -0.05) is 12.1 Å². The van der Waals surface area contributed by atoms with Crippen molar-refractivity contribution in [3.63, 3.8) is 0 Å². The Bertz CT molecular complexity index is 301. The first-order valence-electron chi connectivity index (χ1n) is 4.48. The van der Waals surface area contributed by atoms with Gasteiger partial charge < -0.3 is 15.4 Å². The Morgan fingerprint density at radius 1 is 1.54 bits per heavy atom. The highest BCUT2D eigenvalue weighted by Crippen LogP contribution is 2.31. The highest BCUT2D eigenvalue weighted by atomic mass is 16.5. The van der Waals surface area contributed by atoms with Crippen molar-refractivity contribution in [2.75, 3.05) is 25.0 Å². The SMILES string of the molecule is CN1C[C@@H](CN)Oc2ccccc21. The lowest BCUT2D eigenvalue weighted by Crippen LogP contribution is -2.42. The Morgan fingerprint density at radius 3 is 3.08 bits per heavy atom. The van der Waals surface area contributed by atoms with Gasteiger partial charge in [0.05, 0.1) is 12.2 Å². The van der Waals surface area contributed by atoms with E-state index in [0.29, 0.717) is 6.54 Å². The van der Waals surface area contributed by atoms with Gasteiger partial charge in [0, 0.05) is 13.6 Å². The molecule has 0 saturated heterocycles. The van der Waals surface area contributed by atoms with Gasteiger partial charge >= 0.3 is 0 Å². The second-order valence-corrected chi connectivity index (χ2v) is 3.32. The van der Waals surface area contributed by atoms with Crippen molar-refractivity contribution in [2.45, 2.75) is 6.10 Å². The van der Waals surface area contributed by atoms with E-state index in [0.717, 1.165) is 18.0 Å². The summed E-state index contributed by atoms with van der Waals surface area (Å²) in [6.07, 6.45) is 0.125. The first-order valence-corrected chi connectivity index (χ1v) is 4.48. The van der Waals surface area contributed by atoms with Gasteiger partial charge in [-0.15, -0.1) is 0 Å². The van der Waals surface area contributed by atoms with Crippen LogP contribution in [-0.2, 0) is 0 Å². The molecule has 0 fully saturated rings. The van der Waals surface area contributed by atoms with Crippen LogP contribution in [0, 0.1) is 0 Å². The predicted octanol–water partition coefficient (Wildman–Crippen LogP) is 0.842. The molecule has 1 aliphatic rings. The maximum atomic E-state index is 5.68. The molecule has 0 saturated carbocycles. The molecule has 0 unspecified atom stereocenters. The zero-order chi connectivity index (χ0) is 9.26. The molecular formula is C10H14N2O. The van der Waals surface area contributed by atoms with Crippen LogP contribution in [0.3, 0.4) is 0 Å². The molecular weight excluding hydrogens is 164 g/mol. The molecule has 0 radical (unpaired) electrons. The van der Waals surface area contributed by atoms with E-state index in [1.54, 1.807) is 0 Å². The van der Waals surface area contributed by atoms with E-state index in [-0.39, 0.29) is 6.10 Å². The second kappa shape index (κ2) is 3.26. The summed E-state index contributed by atoms with van der Waals surface area (Å²) >= 11 is 0. The van der Waals surface area contributed by atoms with Crippen molar-refractivity contribution in [3.05, 3.63) is 24.3 Å². The minimum Gasteiger partial charge on any atom is -0.485 e. The Labute approximate surface area is 78.1 Å². The summed E-state index contributed by atoms with van der Waals surface area (Å²) in [6, 6.07) is 8.03. The van der Waals surface area contributed by atoms with Crippen LogP contribution < -0.4 is 15.4 Å². The first-order chi connectivity index (χ1) is 6.31. The minimum absolute atomic E-state index is 0.125. The van der Waals surface area contributed by atoms with Gasteiger partial charge in [0.25, 0.3) is 0 Å². The minimum atomic E-state index is 0.125. The molecule has 1 aromatic rings. The Hall–Kier alpha value is -1.22. The maximum Gasteiger partial charge on any atom is 0.143 e. The van der Waals surface area contributed by atoms with Gasteiger partial charge in [-0.2, -0.15) is 0 Å². The summed E-state index contributed by atoms with van der Waals surface area (Å²) in [6.45, 7) is 1.44. The van der Waals surface area contributed by atoms with Crippen LogP contribution in [-0.4, -0.2) is 26.2 Å². The molecule has 13 heavy (non-hydrogen) atoms. The number of nitrogens with zero attached hydrogens (tertiary/aromatic N) is 1. The number of anilines is 1.